The van der Waals surface area contributed by atoms with E-state index in [1.54, 1.807) is 0 Å². The van der Waals surface area contributed by atoms with Crippen molar-refractivity contribution in [3.8, 4) is 0 Å². The van der Waals surface area contributed by atoms with E-state index in [2.05, 4.69) is 24.5 Å². The van der Waals surface area contributed by atoms with Crippen LogP contribution >= 0.6 is 0 Å². The molecule has 0 unspecified atom stereocenters. The lowest BCUT2D eigenvalue weighted by atomic mass is 10.2. The third-order valence-electron chi connectivity index (χ3n) is 2.74. The van der Waals surface area contributed by atoms with Crippen LogP contribution in [0.2, 0.25) is 0 Å². The first-order valence-corrected chi connectivity index (χ1v) is 7.37. The van der Waals surface area contributed by atoms with Crippen molar-refractivity contribution < 1.29 is 18.7 Å². The molecule has 0 fully saturated rings. The number of ether oxygens (including phenoxy) is 1. The molecule has 2 N–H and O–H groups in total. The first kappa shape index (κ1) is 18.1. The lowest BCUT2D eigenvalue weighted by Crippen LogP contribution is -2.37. The quantitative estimate of drug-likeness (QED) is 0.683. The van der Waals surface area contributed by atoms with Gasteiger partial charge in [-0.1, -0.05) is 19.9 Å². The summed E-state index contributed by atoms with van der Waals surface area (Å²) in [4.78, 5) is 23.2. The SMILES string of the molecule is CC(C)COCCCNC(=O)CNC(=O)c1cccc(F)c1. The zero-order chi connectivity index (χ0) is 16.4. The Hall–Kier alpha value is -1.95. The van der Waals surface area contributed by atoms with Gasteiger partial charge in [0.2, 0.25) is 5.91 Å². The third kappa shape index (κ3) is 7.73. The number of carbonyl (C=O) groups excluding carboxylic acids is 2. The maximum Gasteiger partial charge on any atom is 0.251 e. The largest absolute Gasteiger partial charge is 0.381 e. The molecule has 5 nitrogen and oxygen atoms in total. The Labute approximate surface area is 130 Å². The molecule has 1 rings (SSSR count). The van der Waals surface area contributed by atoms with Gasteiger partial charge in [-0.25, -0.2) is 4.39 Å². The fraction of sp³-hybridized carbons (Fsp3) is 0.500. The van der Waals surface area contributed by atoms with Gasteiger partial charge in [0, 0.05) is 25.3 Å². The van der Waals surface area contributed by atoms with E-state index in [1.807, 2.05) is 0 Å². The van der Waals surface area contributed by atoms with Crippen LogP contribution in [0.5, 0.6) is 0 Å². The summed E-state index contributed by atoms with van der Waals surface area (Å²) in [5.41, 5.74) is 0.190. The number of rotatable bonds is 9. The second-order valence-electron chi connectivity index (χ2n) is 5.37. The zero-order valence-corrected chi connectivity index (χ0v) is 13.0. The van der Waals surface area contributed by atoms with E-state index >= 15 is 0 Å². The highest BCUT2D eigenvalue weighted by Crippen LogP contribution is 2.02. The smallest absolute Gasteiger partial charge is 0.251 e. The number of amides is 2. The predicted molar refractivity (Wildman–Crippen MR) is 82.0 cm³/mol. The highest BCUT2D eigenvalue weighted by molar-refractivity contribution is 5.96. The van der Waals surface area contributed by atoms with Crippen molar-refractivity contribution in [2.24, 2.45) is 5.92 Å². The Morgan fingerprint density at radius 3 is 2.73 bits per heavy atom. The van der Waals surface area contributed by atoms with Crippen LogP contribution in [0.15, 0.2) is 24.3 Å². The van der Waals surface area contributed by atoms with Gasteiger partial charge in [0.1, 0.15) is 5.82 Å². The van der Waals surface area contributed by atoms with Crippen molar-refractivity contribution in [1.82, 2.24) is 10.6 Å². The standard InChI is InChI=1S/C16H23FN2O3/c1-12(2)11-22-8-4-7-18-15(20)10-19-16(21)13-5-3-6-14(17)9-13/h3,5-6,9,12H,4,7-8,10-11H2,1-2H3,(H,18,20)(H,19,21). The minimum absolute atomic E-state index is 0.137. The second-order valence-corrected chi connectivity index (χ2v) is 5.37. The predicted octanol–water partition coefficient (Wildman–Crippen LogP) is 1.73. The molecule has 1 aromatic carbocycles. The van der Waals surface area contributed by atoms with E-state index in [0.29, 0.717) is 25.7 Å². The summed E-state index contributed by atoms with van der Waals surface area (Å²) in [5, 5.41) is 5.13. The summed E-state index contributed by atoms with van der Waals surface area (Å²) in [6, 6.07) is 5.31. The van der Waals surface area contributed by atoms with E-state index < -0.39 is 11.7 Å². The number of nitrogens with one attached hydrogen (secondary N) is 2. The summed E-state index contributed by atoms with van der Waals surface area (Å²) in [5.74, 6) is -0.755. The second kappa shape index (κ2) is 9.89. The fourth-order valence-electron chi connectivity index (χ4n) is 1.68. The van der Waals surface area contributed by atoms with E-state index in [9.17, 15) is 14.0 Å². The van der Waals surface area contributed by atoms with E-state index in [1.165, 1.54) is 18.2 Å². The van der Waals surface area contributed by atoms with Crippen LogP contribution in [0.1, 0.15) is 30.6 Å². The van der Waals surface area contributed by atoms with Crippen molar-refractivity contribution in [2.45, 2.75) is 20.3 Å². The molecule has 0 aliphatic carbocycles. The molecule has 1 aromatic rings. The van der Waals surface area contributed by atoms with Crippen LogP contribution < -0.4 is 10.6 Å². The molecule has 6 heteroatoms. The molecule has 122 valence electrons. The van der Waals surface area contributed by atoms with Crippen molar-refractivity contribution in [3.63, 3.8) is 0 Å². The highest BCUT2D eigenvalue weighted by atomic mass is 19.1. The van der Waals surface area contributed by atoms with E-state index in [4.69, 9.17) is 4.74 Å². The lowest BCUT2D eigenvalue weighted by Gasteiger charge is -2.08. The minimum atomic E-state index is -0.488. The first-order chi connectivity index (χ1) is 10.5. The molecule has 2 amide bonds. The Balaban J connectivity index is 2.14. The summed E-state index contributed by atoms with van der Waals surface area (Å²) >= 11 is 0. The van der Waals surface area contributed by atoms with E-state index in [0.717, 1.165) is 12.5 Å². The maximum absolute atomic E-state index is 13.0. The van der Waals surface area contributed by atoms with Crippen LogP contribution in [0.3, 0.4) is 0 Å². The first-order valence-electron chi connectivity index (χ1n) is 7.37. The van der Waals surface area contributed by atoms with Crippen LogP contribution in [0, 0.1) is 11.7 Å². The number of hydrogen-bond acceptors (Lipinski definition) is 3. The van der Waals surface area contributed by atoms with Crippen LogP contribution in [-0.2, 0) is 9.53 Å². The third-order valence-corrected chi connectivity index (χ3v) is 2.74. The molecular weight excluding hydrogens is 287 g/mol. The van der Waals surface area contributed by atoms with Crippen molar-refractivity contribution in [1.29, 1.82) is 0 Å². The van der Waals surface area contributed by atoms with Crippen molar-refractivity contribution in [3.05, 3.63) is 35.6 Å². The average molecular weight is 310 g/mol. The van der Waals surface area contributed by atoms with Crippen LogP contribution in [0.4, 0.5) is 4.39 Å². The van der Waals surface area contributed by atoms with Gasteiger partial charge in [-0.05, 0) is 30.5 Å². The topological polar surface area (TPSA) is 67.4 Å². The van der Waals surface area contributed by atoms with Gasteiger partial charge in [0.05, 0.1) is 6.54 Å². The van der Waals surface area contributed by atoms with Gasteiger partial charge in [-0.2, -0.15) is 0 Å². The van der Waals surface area contributed by atoms with Crippen LogP contribution in [0.25, 0.3) is 0 Å². The van der Waals surface area contributed by atoms with Gasteiger partial charge in [0.15, 0.2) is 0 Å². The van der Waals surface area contributed by atoms with Gasteiger partial charge in [0.25, 0.3) is 5.91 Å². The van der Waals surface area contributed by atoms with Gasteiger partial charge >= 0.3 is 0 Å². The Morgan fingerprint density at radius 1 is 1.27 bits per heavy atom. The minimum Gasteiger partial charge on any atom is -0.381 e. The molecule has 0 saturated carbocycles. The molecule has 0 aliphatic rings. The summed E-state index contributed by atoms with van der Waals surface area (Å²) < 4.78 is 18.4. The Kier molecular flexibility index (Phi) is 8.14. The van der Waals surface area contributed by atoms with Crippen molar-refractivity contribution in [2.75, 3.05) is 26.3 Å². The van der Waals surface area contributed by atoms with Crippen molar-refractivity contribution >= 4 is 11.8 Å². The van der Waals surface area contributed by atoms with Gasteiger partial charge in [-0.15, -0.1) is 0 Å². The molecule has 0 aliphatic heterocycles. The zero-order valence-electron chi connectivity index (χ0n) is 13.0. The molecule has 0 saturated heterocycles. The Morgan fingerprint density at radius 2 is 2.05 bits per heavy atom. The summed E-state index contributed by atoms with van der Waals surface area (Å²) in [6.45, 7) is 5.80. The molecule has 22 heavy (non-hydrogen) atoms. The molecule has 0 aromatic heterocycles. The Bertz CT molecular complexity index is 492. The molecule has 0 bridgehead atoms. The fourth-order valence-corrected chi connectivity index (χ4v) is 1.68. The average Bonchev–Trinajstić information content (AvgIpc) is 2.48. The van der Waals surface area contributed by atoms with Crippen LogP contribution in [-0.4, -0.2) is 38.1 Å². The monoisotopic (exact) mass is 310 g/mol. The number of halogens is 1. The molecule has 0 spiro atoms. The summed E-state index contributed by atoms with van der Waals surface area (Å²) in [6.07, 6.45) is 0.719. The normalized spacial score (nSPS) is 10.5. The molecular formula is C16H23FN2O3. The van der Waals surface area contributed by atoms with Gasteiger partial charge in [-0.3, -0.25) is 9.59 Å². The molecule has 0 atom stereocenters. The number of hydrogen-bond donors (Lipinski definition) is 2. The molecule has 0 heterocycles. The number of carbonyl (C=O) groups is 2. The molecule has 0 radical (unpaired) electrons. The van der Waals surface area contributed by atoms with E-state index in [-0.39, 0.29) is 18.0 Å². The number of benzene rings is 1. The lowest BCUT2D eigenvalue weighted by molar-refractivity contribution is -0.120. The van der Waals surface area contributed by atoms with Gasteiger partial charge < -0.3 is 15.4 Å². The maximum atomic E-state index is 13.0. The summed E-state index contributed by atoms with van der Waals surface area (Å²) in [7, 11) is 0. The highest BCUT2D eigenvalue weighted by Gasteiger charge is 2.08.